The molecule has 7 heteroatoms. The fraction of sp³-hybridized carbons (Fsp3) is 0.588. The Balaban J connectivity index is 1.77. The van der Waals surface area contributed by atoms with Crippen LogP contribution in [0.15, 0.2) is 23.3 Å². The van der Waals surface area contributed by atoms with Crippen LogP contribution in [0.5, 0.6) is 0 Å². The molecule has 130 valence electrons. The Morgan fingerprint density at radius 1 is 1.50 bits per heavy atom. The van der Waals surface area contributed by atoms with Crippen molar-refractivity contribution < 1.29 is 4.79 Å². The van der Waals surface area contributed by atoms with Crippen molar-refractivity contribution in [3.8, 4) is 0 Å². The number of amides is 1. The molecule has 0 spiro atoms. The van der Waals surface area contributed by atoms with Crippen molar-refractivity contribution in [2.75, 3.05) is 26.7 Å². The van der Waals surface area contributed by atoms with E-state index < -0.39 is 0 Å². The van der Waals surface area contributed by atoms with Crippen molar-refractivity contribution in [2.24, 2.45) is 13.0 Å². The Morgan fingerprint density at radius 3 is 2.96 bits per heavy atom. The van der Waals surface area contributed by atoms with Crippen LogP contribution < -0.4 is 0 Å². The lowest BCUT2D eigenvalue weighted by atomic mass is 9.85. The number of rotatable bonds is 5. The molecule has 1 fully saturated rings. The zero-order valence-electron chi connectivity index (χ0n) is 14.6. The largest absolute Gasteiger partial charge is 0.340 e. The number of carbonyl (C=O) groups excluding carboxylic acids is 1. The maximum atomic E-state index is 12.5. The van der Waals surface area contributed by atoms with Crippen molar-refractivity contribution in [3.05, 3.63) is 34.5 Å². The Kier molecular flexibility index (Phi) is 5.30. The monoisotopic (exact) mass is 347 g/mol. The van der Waals surface area contributed by atoms with Gasteiger partial charge in [0.1, 0.15) is 5.69 Å². The number of carbonyl (C=O) groups is 1. The molecule has 0 bridgehead atoms. The van der Waals surface area contributed by atoms with Gasteiger partial charge in [-0.1, -0.05) is 6.92 Å². The molecule has 1 aliphatic rings. The van der Waals surface area contributed by atoms with Crippen molar-refractivity contribution in [1.29, 1.82) is 0 Å². The molecule has 3 heterocycles. The molecule has 0 aliphatic carbocycles. The van der Waals surface area contributed by atoms with Crippen molar-refractivity contribution >= 4 is 17.2 Å². The fourth-order valence-corrected chi connectivity index (χ4v) is 4.25. The maximum absolute atomic E-state index is 12.5. The second-order valence-electron chi connectivity index (χ2n) is 6.48. The second kappa shape index (κ2) is 7.44. The van der Waals surface area contributed by atoms with Gasteiger partial charge in [-0.05, 0) is 31.8 Å². The Labute approximate surface area is 147 Å². The van der Waals surface area contributed by atoms with Crippen LogP contribution in [-0.4, -0.2) is 57.2 Å². The van der Waals surface area contributed by atoms with E-state index in [4.69, 9.17) is 0 Å². The molecule has 2 atom stereocenters. The van der Waals surface area contributed by atoms with Gasteiger partial charge in [-0.2, -0.15) is 5.10 Å². The Morgan fingerprint density at radius 2 is 2.33 bits per heavy atom. The first-order valence-electron chi connectivity index (χ1n) is 8.46. The number of hydrogen-bond donors (Lipinski definition) is 0. The number of likely N-dealkylation sites (tertiary alicyclic amines) is 1. The van der Waals surface area contributed by atoms with Gasteiger partial charge in [0.15, 0.2) is 0 Å². The van der Waals surface area contributed by atoms with Crippen LogP contribution in [0.3, 0.4) is 0 Å². The summed E-state index contributed by atoms with van der Waals surface area (Å²) in [6.45, 7) is 5.07. The Bertz CT molecular complexity index is 668. The van der Waals surface area contributed by atoms with Gasteiger partial charge in [0.25, 0.3) is 5.91 Å². The minimum Gasteiger partial charge on any atom is -0.340 e. The van der Waals surface area contributed by atoms with Gasteiger partial charge in [0, 0.05) is 43.8 Å². The normalized spacial score (nSPS) is 21.8. The van der Waals surface area contributed by atoms with Gasteiger partial charge >= 0.3 is 0 Å². The van der Waals surface area contributed by atoms with Crippen LogP contribution >= 0.6 is 11.3 Å². The molecule has 0 saturated carbocycles. The van der Waals surface area contributed by atoms with E-state index in [1.807, 2.05) is 35.3 Å². The number of piperidine rings is 1. The van der Waals surface area contributed by atoms with Crippen LogP contribution in [0.25, 0.3) is 0 Å². The summed E-state index contributed by atoms with van der Waals surface area (Å²) in [5, 5.41) is 6.17. The van der Waals surface area contributed by atoms with E-state index in [2.05, 4.69) is 28.1 Å². The summed E-state index contributed by atoms with van der Waals surface area (Å²) in [4.78, 5) is 21.0. The molecule has 2 aromatic heterocycles. The molecule has 2 aromatic rings. The summed E-state index contributed by atoms with van der Waals surface area (Å²) >= 11 is 1.46. The van der Waals surface area contributed by atoms with E-state index in [1.54, 1.807) is 5.51 Å². The van der Waals surface area contributed by atoms with Gasteiger partial charge < -0.3 is 4.90 Å². The summed E-state index contributed by atoms with van der Waals surface area (Å²) in [5.74, 6) is 0.422. The molecular weight excluding hydrogens is 322 g/mol. The summed E-state index contributed by atoms with van der Waals surface area (Å²) in [7, 11) is 3.84. The maximum Gasteiger partial charge on any atom is 0.273 e. The topological polar surface area (TPSA) is 54.3 Å². The lowest BCUT2D eigenvalue weighted by Crippen LogP contribution is -2.43. The van der Waals surface area contributed by atoms with E-state index in [1.165, 1.54) is 23.3 Å². The van der Waals surface area contributed by atoms with Gasteiger partial charge in [-0.3, -0.25) is 14.4 Å². The molecule has 1 aliphatic heterocycles. The second-order valence-corrected chi connectivity index (χ2v) is 7.20. The standard InChI is InChI=1S/C17H25N5OS/c1-4-22-7-5-6-13(16(22)14-8-19-21(3)10-14)9-20(2)17(23)15-11-24-12-18-15/h8,10-13,16H,4-7,9H2,1-3H3/t13-,16+/m0/s1. The van der Waals surface area contributed by atoms with Gasteiger partial charge in [0.2, 0.25) is 0 Å². The van der Waals surface area contributed by atoms with E-state index >= 15 is 0 Å². The van der Waals surface area contributed by atoms with Crippen LogP contribution in [0.2, 0.25) is 0 Å². The average Bonchev–Trinajstić information content (AvgIpc) is 3.25. The molecule has 24 heavy (non-hydrogen) atoms. The predicted molar refractivity (Wildman–Crippen MR) is 95.0 cm³/mol. The molecule has 0 aromatic carbocycles. The van der Waals surface area contributed by atoms with Crippen molar-refractivity contribution in [1.82, 2.24) is 24.6 Å². The minimum atomic E-state index is 0.00908. The quantitative estimate of drug-likeness (QED) is 0.833. The molecule has 0 unspecified atom stereocenters. The van der Waals surface area contributed by atoms with Gasteiger partial charge in [-0.25, -0.2) is 4.98 Å². The van der Waals surface area contributed by atoms with Crippen LogP contribution in [-0.2, 0) is 7.05 Å². The summed E-state index contributed by atoms with van der Waals surface area (Å²) in [6.07, 6.45) is 6.38. The van der Waals surface area contributed by atoms with E-state index in [0.717, 1.165) is 26.1 Å². The lowest BCUT2D eigenvalue weighted by molar-refractivity contribution is 0.0585. The highest BCUT2D eigenvalue weighted by Crippen LogP contribution is 2.36. The molecule has 0 radical (unpaired) electrons. The highest BCUT2D eigenvalue weighted by Gasteiger charge is 2.34. The highest BCUT2D eigenvalue weighted by molar-refractivity contribution is 7.07. The van der Waals surface area contributed by atoms with Crippen molar-refractivity contribution in [2.45, 2.75) is 25.8 Å². The molecule has 1 amide bonds. The zero-order valence-corrected chi connectivity index (χ0v) is 15.4. The van der Waals surface area contributed by atoms with Crippen LogP contribution in [0.1, 0.15) is 41.9 Å². The first kappa shape index (κ1) is 17.1. The summed E-state index contributed by atoms with van der Waals surface area (Å²) in [6, 6.07) is 0.322. The third-order valence-electron chi connectivity index (χ3n) is 4.84. The average molecular weight is 347 g/mol. The van der Waals surface area contributed by atoms with E-state index in [0.29, 0.717) is 17.7 Å². The molecular formula is C17H25N5OS. The minimum absolute atomic E-state index is 0.00908. The summed E-state index contributed by atoms with van der Waals surface area (Å²) in [5.41, 5.74) is 3.50. The molecule has 3 rings (SSSR count). The third-order valence-corrected chi connectivity index (χ3v) is 5.43. The smallest absolute Gasteiger partial charge is 0.273 e. The number of aryl methyl sites for hydroxylation is 1. The first-order chi connectivity index (χ1) is 11.6. The van der Waals surface area contributed by atoms with Crippen molar-refractivity contribution in [3.63, 3.8) is 0 Å². The molecule has 6 nitrogen and oxygen atoms in total. The number of thiazole rings is 1. The van der Waals surface area contributed by atoms with Gasteiger partial charge in [0.05, 0.1) is 11.7 Å². The van der Waals surface area contributed by atoms with Crippen LogP contribution in [0.4, 0.5) is 0 Å². The molecule has 1 saturated heterocycles. The number of hydrogen-bond acceptors (Lipinski definition) is 5. The Hall–Kier alpha value is -1.73. The van der Waals surface area contributed by atoms with E-state index in [-0.39, 0.29) is 5.91 Å². The van der Waals surface area contributed by atoms with Gasteiger partial charge in [-0.15, -0.1) is 11.3 Å². The van der Waals surface area contributed by atoms with Crippen LogP contribution in [0, 0.1) is 5.92 Å². The zero-order chi connectivity index (χ0) is 17.1. The SMILES string of the molecule is CCN1CCC[C@@H](CN(C)C(=O)c2cscn2)[C@@H]1c1cnn(C)c1. The number of aromatic nitrogens is 3. The third kappa shape index (κ3) is 3.52. The highest BCUT2D eigenvalue weighted by atomic mass is 32.1. The fourth-order valence-electron chi connectivity index (χ4n) is 3.72. The first-order valence-corrected chi connectivity index (χ1v) is 9.40. The molecule has 0 N–H and O–H groups in total. The predicted octanol–water partition coefficient (Wildman–Crippen LogP) is 2.42. The lowest BCUT2D eigenvalue weighted by Gasteiger charge is -2.41. The van der Waals surface area contributed by atoms with E-state index in [9.17, 15) is 4.79 Å². The number of nitrogens with zero attached hydrogens (tertiary/aromatic N) is 5. The summed E-state index contributed by atoms with van der Waals surface area (Å²) < 4.78 is 1.86.